The maximum absolute atomic E-state index is 13.2. The summed E-state index contributed by atoms with van der Waals surface area (Å²) in [6.45, 7) is 1.49. The predicted molar refractivity (Wildman–Crippen MR) is 116 cm³/mol. The van der Waals surface area contributed by atoms with Gasteiger partial charge in [-0.15, -0.1) is 4.36 Å². The lowest BCUT2D eigenvalue weighted by Crippen LogP contribution is -2.29. The van der Waals surface area contributed by atoms with Gasteiger partial charge in [-0.2, -0.15) is 5.10 Å². The molecule has 3 aliphatic rings. The van der Waals surface area contributed by atoms with Crippen molar-refractivity contribution < 1.29 is 18.5 Å². The summed E-state index contributed by atoms with van der Waals surface area (Å²) in [5, 5.41) is 13.2. The van der Waals surface area contributed by atoms with Crippen molar-refractivity contribution in [1.82, 2.24) is 9.78 Å². The molecule has 166 valence electrons. The number of carbonyl (C=O) groups is 1. The van der Waals surface area contributed by atoms with Gasteiger partial charge in [0.25, 0.3) is 0 Å². The first-order valence-electron chi connectivity index (χ1n) is 10.7. The van der Waals surface area contributed by atoms with Crippen LogP contribution in [0.15, 0.2) is 21.5 Å². The number of anilines is 1. The Bertz CT molecular complexity index is 1130. The van der Waals surface area contributed by atoms with Crippen LogP contribution in [0.4, 0.5) is 10.5 Å². The van der Waals surface area contributed by atoms with E-state index >= 15 is 0 Å². The first kappa shape index (κ1) is 20.5. The predicted octanol–water partition coefficient (Wildman–Crippen LogP) is 2.45. The van der Waals surface area contributed by atoms with Crippen molar-refractivity contribution >= 4 is 21.6 Å². The largest absolute Gasteiger partial charge is 0.476 e. The summed E-state index contributed by atoms with van der Waals surface area (Å²) in [5.41, 5.74) is 5.82. The van der Waals surface area contributed by atoms with Gasteiger partial charge in [-0.05, 0) is 60.8 Å². The average Bonchev–Trinajstić information content (AvgIpc) is 3.46. The van der Waals surface area contributed by atoms with Gasteiger partial charge in [0, 0.05) is 18.7 Å². The normalized spacial score (nSPS) is 20.9. The number of amides is 2. The van der Waals surface area contributed by atoms with Gasteiger partial charge in [-0.25, -0.2) is 18.8 Å². The molecule has 1 aromatic heterocycles. The number of urea groups is 1. The smallest absolute Gasteiger partial charge is 0.354 e. The van der Waals surface area contributed by atoms with Crippen LogP contribution in [-0.4, -0.2) is 40.3 Å². The number of fused-ring (bicyclic) bond motifs is 3. The van der Waals surface area contributed by atoms with Gasteiger partial charge in [0.15, 0.2) is 9.92 Å². The van der Waals surface area contributed by atoms with Gasteiger partial charge in [-0.1, -0.05) is 6.07 Å². The Hall–Kier alpha value is -2.43. The molecule has 0 fully saturated rings. The third kappa shape index (κ3) is 3.72. The van der Waals surface area contributed by atoms with Crippen LogP contribution in [0.3, 0.4) is 0 Å². The summed E-state index contributed by atoms with van der Waals surface area (Å²) in [4.78, 5) is 12.9. The number of nitrogens with one attached hydrogen (secondary N) is 1. The molecule has 10 heteroatoms. The second-order valence-corrected chi connectivity index (χ2v) is 10.2. The number of carbonyl (C=O) groups excluding carboxylic acids is 1. The van der Waals surface area contributed by atoms with E-state index in [1.54, 1.807) is 11.8 Å². The van der Waals surface area contributed by atoms with Gasteiger partial charge >= 0.3 is 6.03 Å². The van der Waals surface area contributed by atoms with E-state index in [2.05, 4.69) is 20.8 Å². The molecular weight excluding hydrogens is 418 g/mol. The number of methoxy groups -OCH3 is 1. The SMILES string of the molecule is COCC1COc2c(S(N)(=O)=NC(=O)Nc3c4c(cc5c3CCC5)CCC4)cnn2C1. The standard InChI is InChI=1S/C21H27N5O4S/c1-29-11-13-10-26-20(30-12-13)18(9-23-26)31(22,28)25-21(27)24-19-16-6-2-4-14(16)8-15-5-3-7-17(15)19/h8-9,13H,2-7,10-12H2,1H3,(H3,22,24,25,27,28). The molecule has 2 heterocycles. The fourth-order valence-electron chi connectivity index (χ4n) is 4.93. The van der Waals surface area contributed by atoms with Gasteiger partial charge in [0.2, 0.25) is 5.88 Å². The van der Waals surface area contributed by atoms with E-state index in [9.17, 15) is 9.00 Å². The van der Waals surface area contributed by atoms with Gasteiger partial charge in [0.1, 0.15) is 4.90 Å². The number of nitrogens with zero attached hydrogens (tertiary/aromatic N) is 3. The van der Waals surface area contributed by atoms with E-state index in [-0.39, 0.29) is 10.8 Å². The molecule has 2 unspecified atom stereocenters. The Morgan fingerprint density at radius 1 is 1.32 bits per heavy atom. The van der Waals surface area contributed by atoms with Gasteiger partial charge in [0.05, 0.1) is 26.0 Å². The number of benzene rings is 1. The number of rotatable bonds is 4. The average molecular weight is 446 g/mol. The van der Waals surface area contributed by atoms with Crippen molar-refractivity contribution in [3.8, 4) is 5.88 Å². The van der Waals surface area contributed by atoms with Crippen molar-refractivity contribution in [1.29, 1.82) is 0 Å². The van der Waals surface area contributed by atoms with Crippen LogP contribution in [0.25, 0.3) is 0 Å². The highest BCUT2D eigenvalue weighted by molar-refractivity contribution is 7.91. The second kappa shape index (κ2) is 7.92. The fourth-order valence-corrected chi connectivity index (χ4v) is 5.94. The molecule has 9 nitrogen and oxygen atoms in total. The zero-order chi connectivity index (χ0) is 21.6. The number of hydrogen-bond acceptors (Lipinski definition) is 5. The van der Waals surface area contributed by atoms with Crippen molar-refractivity contribution in [3.63, 3.8) is 0 Å². The van der Waals surface area contributed by atoms with E-state index in [0.29, 0.717) is 25.6 Å². The van der Waals surface area contributed by atoms with Crippen LogP contribution >= 0.6 is 0 Å². The molecule has 3 N–H and O–H groups in total. The van der Waals surface area contributed by atoms with Crippen LogP contribution in [0.2, 0.25) is 0 Å². The monoisotopic (exact) mass is 445 g/mol. The minimum atomic E-state index is -3.51. The number of aryl methyl sites for hydroxylation is 2. The molecular formula is C21H27N5O4S. The summed E-state index contributed by atoms with van der Waals surface area (Å²) in [6, 6.07) is 1.59. The van der Waals surface area contributed by atoms with Crippen LogP contribution in [0.5, 0.6) is 5.88 Å². The van der Waals surface area contributed by atoms with Crippen LogP contribution in [0.1, 0.15) is 35.1 Å². The zero-order valence-corrected chi connectivity index (χ0v) is 18.4. The molecule has 0 spiro atoms. The molecule has 1 aromatic carbocycles. The highest BCUT2D eigenvalue weighted by Crippen LogP contribution is 2.38. The van der Waals surface area contributed by atoms with Crippen molar-refractivity contribution in [2.24, 2.45) is 15.4 Å². The molecule has 0 radical (unpaired) electrons. The Kier molecular flexibility index (Phi) is 5.23. The highest BCUT2D eigenvalue weighted by atomic mass is 32.2. The number of ether oxygens (including phenoxy) is 2. The quantitative estimate of drug-likeness (QED) is 0.749. The minimum Gasteiger partial charge on any atom is -0.476 e. The number of aromatic nitrogens is 2. The Labute approximate surface area is 181 Å². The first-order valence-corrected chi connectivity index (χ1v) is 12.2. The van der Waals surface area contributed by atoms with E-state index in [4.69, 9.17) is 14.6 Å². The number of nitrogens with two attached hydrogens (primary N) is 1. The summed E-state index contributed by atoms with van der Waals surface area (Å²) in [6.07, 6.45) is 7.46. The Balaban J connectivity index is 1.42. The lowest BCUT2D eigenvalue weighted by atomic mass is 9.99. The van der Waals surface area contributed by atoms with Crippen LogP contribution < -0.4 is 15.2 Å². The molecule has 31 heavy (non-hydrogen) atoms. The van der Waals surface area contributed by atoms with E-state index < -0.39 is 15.9 Å². The lowest BCUT2D eigenvalue weighted by molar-refractivity contribution is 0.0780. The molecule has 2 aromatic rings. The molecule has 2 atom stereocenters. The topological polar surface area (TPSA) is 121 Å². The van der Waals surface area contributed by atoms with E-state index in [1.807, 2.05) is 0 Å². The molecule has 0 saturated carbocycles. The molecule has 2 aliphatic carbocycles. The van der Waals surface area contributed by atoms with E-state index in [1.165, 1.54) is 28.5 Å². The van der Waals surface area contributed by atoms with Crippen molar-refractivity contribution in [2.45, 2.75) is 50.0 Å². The molecule has 0 bridgehead atoms. The number of hydrogen-bond donors (Lipinski definition) is 2. The summed E-state index contributed by atoms with van der Waals surface area (Å²) < 4.78 is 29.5. The fraction of sp³-hybridized carbons (Fsp3) is 0.524. The Morgan fingerprint density at radius 3 is 2.71 bits per heavy atom. The van der Waals surface area contributed by atoms with Crippen molar-refractivity contribution in [2.75, 3.05) is 25.6 Å². The third-order valence-electron chi connectivity index (χ3n) is 6.29. The van der Waals surface area contributed by atoms with Crippen LogP contribution in [0, 0.1) is 5.92 Å². The summed E-state index contributed by atoms with van der Waals surface area (Å²) in [5.74, 6) is 0.444. The van der Waals surface area contributed by atoms with E-state index in [0.717, 1.165) is 44.2 Å². The third-order valence-corrected chi connectivity index (χ3v) is 7.63. The Morgan fingerprint density at radius 2 is 2.03 bits per heavy atom. The maximum atomic E-state index is 13.2. The molecule has 0 saturated heterocycles. The minimum absolute atomic E-state index is 0.140. The second-order valence-electron chi connectivity index (χ2n) is 8.45. The maximum Gasteiger partial charge on any atom is 0.354 e. The summed E-state index contributed by atoms with van der Waals surface area (Å²) >= 11 is 0. The summed E-state index contributed by atoms with van der Waals surface area (Å²) in [7, 11) is -1.88. The molecule has 2 amide bonds. The van der Waals surface area contributed by atoms with Gasteiger partial charge in [-0.3, -0.25) is 0 Å². The lowest BCUT2D eigenvalue weighted by Gasteiger charge is -2.24. The zero-order valence-electron chi connectivity index (χ0n) is 17.6. The van der Waals surface area contributed by atoms with Crippen molar-refractivity contribution in [3.05, 3.63) is 34.5 Å². The molecule has 5 rings (SSSR count). The first-order chi connectivity index (χ1) is 15.0. The highest BCUT2D eigenvalue weighted by Gasteiger charge is 2.29. The molecule has 1 aliphatic heterocycles. The van der Waals surface area contributed by atoms with Crippen LogP contribution in [-0.2, 0) is 46.9 Å². The van der Waals surface area contributed by atoms with Gasteiger partial charge < -0.3 is 14.8 Å².